The van der Waals surface area contributed by atoms with Crippen molar-refractivity contribution in [1.82, 2.24) is 4.98 Å². The van der Waals surface area contributed by atoms with Crippen molar-refractivity contribution in [2.24, 2.45) is 0 Å². The van der Waals surface area contributed by atoms with Gasteiger partial charge in [-0.3, -0.25) is 4.98 Å². The van der Waals surface area contributed by atoms with Crippen molar-refractivity contribution in [1.29, 1.82) is 0 Å². The minimum absolute atomic E-state index is 0.945. The number of hydrogen-bond donors (Lipinski definition) is 2. The van der Waals surface area contributed by atoms with E-state index < -0.39 is 0 Å². The largest absolute Gasteiger partial charge is 0.385 e. The topological polar surface area (TPSA) is 37.0 Å². The van der Waals surface area contributed by atoms with E-state index in [1.54, 1.807) is 0 Å². The lowest BCUT2D eigenvalue weighted by atomic mass is 10.0. The normalized spacial score (nSPS) is 10.8. The van der Waals surface area contributed by atoms with E-state index in [-0.39, 0.29) is 0 Å². The highest BCUT2D eigenvalue weighted by molar-refractivity contribution is 5.93. The fourth-order valence-electron chi connectivity index (χ4n) is 3.10. The minimum Gasteiger partial charge on any atom is -0.385 e. The lowest BCUT2D eigenvalue weighted by molar-refractivity contribution is 0.906. The number of anilines is 2. The van der Waals surface area contributed by atoms with Crippen LogP contribution in [0.1, 0.15) is 24.6 Å². The van der Waals surface area contributed by atoms with Gasteiger partial charge < -0.3 is 10.6 Å². The van der Waals surface area contributed by atoms with Crippen molar-refractivity contribution in [2.45, 2.75) is 26.7 Å². The SMILES string of the molecule is CCc1c(C)nc2ccccc2c1NCCCNc1ccccc1. The monoisotopic (exact) mass is 319 g/mol. The number of pyridine rings is 1. The number of benzene rings is 2. The van der Waals surface area contributed by atoms with Crippen LogP contribution in [0.4, 0.5) is 11.4 Å². The van der Waals surface area contributed by atoms with Gasteiger partial charge in [-0.1, -0.05) is 43.3 Å². The maximum absolute atomic E-state index is 4.74. The molecule has 0 unspecified atom stereocenters. The van der Waals surface area contributed by atoms with Crippen molar-refractivity contribution < 1.29 is 0 Å². The Labute approximate surface area is 144 Å². The van der Waals surface area contributed by atoms with E-state index in [1.807, 2.05) is 12.1 Å². The number of para-hydroxylation sites is 2. The van der Waals surface area contributed by atoms with Crippen LogP contribution in [-0.2, 0) is 6.42 Å². The zero-order valence-corrected chi connectivity index (χ0v) is 14.5. The highest BCUT2D eigenvalue weighted by Gasteiger charge is 2.10. The Morgan fingerprint density at radius 3 is 2.38 bits per heavy atom. The Balaban J connectivity index is 1.66. The molecule has 3 nitrogen and oxygen atoms in total. The molecule has 0 bridgehead atoms. The average molecular weight is 319 g/mol. The molecule has 0 aliphatic rings. The zero-order valence-electron chi connectivity index (χ0n) is 14.5. The van der Waals surface area contributed by atoms with Crippen LogP contribution in [0.2, 0.25) is 0 Å². The number of aryl methyl sites for hydroxylation is 1. The molecule has 2 N–H and O–H groups in total. The van der Waals surface area contributed by atoms with Gasteiger partial charge >= 0.3 is 0 Å². The van der Waals surface area contributed by atoms with Gasteiger partial charge in [0.15, 0.2) is 0 Å². The van der Waals surface area contributed by atoms with Gasteiger partial charge in [0.2, 0.25) is 0 Å². The lowest BCUT2D eigenvalue weighted by Gasteiger charge is -2.16. The quantitative estimate of drug-likeness (QED) is 0.600. The molecule has 0 spiro atoms. The first-order valence-corrected chi connectivity index (χ1v) is 8.70. The molecule has 24 heavy (non-hydrogen) atoms. The Bertz CT molecular complexity index is 797. The fourth-order valence-corrected chi connectivity index (χ4v) is 3.10. The van der Waals surface area contributed by atoms with Gasteiger partial charge in [-0.15, -0.1) is 0 Å². The summed E-state index contributed by atoms with van der Waals surface area (Å²) in [6.45, 7) is 6.20. The van der Waals surface area contributed by atoms with Gasteiger partial charge in [-0.2, -0.15) is 0 Å². The number of nitrogens with one attached hydrogen (secondary N) is 2. The first-order chi connectivity index (χ1) is 11.8. The maximum atomic E-state index is 4.74. The first kappa shape index (κ1) is 16.3. The average Bonchev–Trinajstić information content (AvgIpc) is 2.62. The van der Waals surface area contributed by atoms with E-state index in [2.05, 4.69) is 66.9 Å². The summed E-state index contributed by atoms with van der Waals surface area (Å²) in [5, 5.41) is 8.33. The predicted octanol–water partition coefficient (Wildman–Crippen LogP) is 5.02. The third-order valence-corrected chi connectivity index (χ3v) is 4.31. The van der Waals surface area contributed by atoms with Gasteiger partial charge in [-0.05, 0) is 43.5 Å². The summed E-state index contributed by atoms with van der Waals surface area (Å²) in [5.41, 5.74) is 5.94. The smallest absolute Gasteiger partial charge is 0.0726 e. The second-order valence-corrected chi connectivity index (χ2v) is 5.99. The van der Waals surface area contributed by atoms with Crippen LogP contribution in [-0.4, -0.2) is 18.1 Å². The molecule has 3 rings (SSSR count). The second-order valence-electron chi connectivity index (χ2n) is 5.99. The maximum Gasteiger partial charge on any atom is 0.0726 e. The van der Waals surface area contributed by atoms with Gasteiger partial charge in [-0.25, -0.2) is 0 Å². The number of fused-ring (bicyclic) bond motifs is 1. The zero-order chi connectivity index (χ0) is 16.8. The molecular formula is C21H25N3. The van der Waals surface area contributed by atoms with Crippen molar-refractivity contribution in [3.8, 4) is 0 Å². The standard InChI is InChI=1S/C21H25N3/c1-3-18-16(2)24-20-13-8-7-12-19(20)21(18)23-15-9-14-22-17-10-5-4-6-11-17/h4-8,10-13,22H,3,9,14-15H2,1-2H3,(H,23,24). The fraction of sp³-hybridized carbons (Fsp3) is 0.286. The minimum atomic E-state index is 0.945. The van der Waals surface area contributed by atoms with Crippen molar-refractivity contribution in [3.05, 3.63) is 65.9 Å². The molecule has 0 atom stereocenters. The molecule has 0 aliphatic heterocycles. The highest BCUT2D eigenvalue weighted by atomic mass is 14.9. The number of hydrogen-bond acceptors (Lipinski definition) is 3. The Morgan fingerprint density at radius 1 is 0.875 bits per heavy atom. The highest BCUT2D eigenvalue weighted by Crippen LogP contribution is 2.28. The second kappa shape index (κ2) is 7.82. The summed E-state index contributed by atoms with van der Waals surface area (Å²) in [5.74, 6) is 0. The van der Waals surface area contributed by atoms with E-state index in [1.165, 1.54) is 22.3 Å². The molecule has 0 radical (unpaired) electrons. The first-order valence-electron chi connectivity index (χ1n) is 8.70. The predicted molar refractivity (Wildman–Crippen MR) is 104 cm³/mol. The van der Waals surface area contributed by atoms with E-state index in [9.17, 15) is 0 Å². The van der Waals surface area contributed by atoms with Crippen LogP contribution in [0.3, 0.4) is 0 Å². The van der Waals surface area contributed by atoms with Crippen LogP contribution < -0.4 is 10.6 Å². The molecule has 0 aliphatic carbocycles. The molecule has 0 saturated heterocycles. The lowest BCUT2D eigenvalue weighted by Crippen LogP contribution is -2.11. The molecule has 1 aromatic heterocycles. The summed E-state index contributed by atoms with van der Waals surface area (Å²) in [7, 11) is 0. The van der Waals surface area contributed by atoms with Crippen LogP contribution >= 0.6 is 0 Å². The van der Waals surface area contributed by atoms with Gasteiger partial charge in [0, 0.05) is 35.5 Å². The van der Waals surface area contributed by atoms with Crippen LogP contribution in [0.5, 0.6) is 0 Å². The summed E-state index contributed by atoms with van der Waals surface area (Å²) < 4.78 is 0. The Kier molecular flexibility index (Phi) is 5.32. The van der Waals surface area contributed by atoms with E-state index >= 15 is 0 Å². The van der Waals surface area contributed by atoms with Gasteiger partial charge in [0.05, 0.1) is 5.52 Å². The molecular weight excluding hydrogens is 294 g/mol. The molecule has 0 saturated carbocycles. The van der Waals surface area contributed by atoms with Crippen molar-refractivity contribution in [2.75, 3.05) is 23.7 Å². The van der Waals surface area contributed by atoms with E-state index in [0.717, 1.165) is 37.1 Å². The van der Waals surface area contributed by atoms with E-state index in [0.29, 0.717) is 0 Å². The molecule has 1 heterocycles. The number of aromatic nitrogens is 1. The van der Waals surface area contributed by atoms with Crippen LogP contribution in [0.15, 0.2) is 54.6 Å². The van der Waals surface area contributed by atoms with Gasteiger partial charge in [0.1, 0.15) is 0 Å². The Morgan fingerprint density at radius 2 is 1.58 bits per heavy atom. The number of nitrogens with zero attached hydrogens (tertiary/aromatic N) is 1. The van der Waals surface area contributed by atoms with Crippen molar-refractivity contribution >= 4 is 22.3 Å². The molecule has 3 heteroatoms. The van der Waals surface area contributed by atoms with Crippen LogP contribution in [0, 0.1) is 6.92 Å². The van der Waals surface area contributed by atoms with Crippen molar-refractivity contribution in [3.63, 3.8) is 0 Å². The van der Waals surface area contributed by atoms with Gasteiger partial charge in [0.25, 0.3) is 0 Å². The summed E-state index contributed by atoms with van der Waals surface area (Å²) in [6.07, 6.45) is 2.06. The summed E-state index contributed by atoms with van der Waals surface area (Å²) >= 11 is 0. The molecule has 0 amide bonds. The van der Waals surface area contributed by atoms with Crippen LogP contribution in [0.25, 0.3) is 10.9 Å². The third-order valence-electron chi connectivity index (χ3n) is 4.31. The molecule has 124 valence electrons. The number of rotatable bonds is 7. The summed E-state index contributed by atoms with van der Waals surface area (Å²) in [6, 6.07) is 18.7. The third kappa shape index (κ3) is 3.67. The molecule has 0 fully saturated rings. The molecule has 3 aromatic rings. The Hall–Kier alpha value is -2.55. The van der Waals surface area contributed by atoms with E-state index in [4.69, 9.17) is 4.98 Å². The molecule has 2 aromatic carbocycles. The summed E-state index contributed by atoms with van der Waals surface area (Å²) in [4.78, 5) is 4.74.